The summed E-state index contributed by atoms with van der Waals surface area (Å²) >= 11 is 0. The summed E-state index contributed by atoms with van der Waals surface area (Å²) in [5, 5.41) is 13.5. The van der Waals surface area contributed by atoms with E-state index in [0.717, 1.165) is 44.6 Å². The molecule has 0 saturated heterocycles. The van der Waals surface area contributed by atoms with Crippen LogP contribution < -0.4 is 5.32 Å². The Morgan fingerprint density at radius 3 is 2.40 bits per heavy atom. The molecule has 3 aromatic carbocycles. The van der Waals surface area contributed by atoms with Crippen LogP contribution in [-0.2, 0) is 0 Å². The lowest BCUT2D eigenvalue weighted by molar-refractivity contribution is 0.824. The predicted molar refractivity (Wildman–Crippen MR) is 122 cm³/mol. The fourth-order valence-corrected chi connectivity index (χ4v) is 3.39. The Labute approximate surface area is 178 Å². The van der Waals surface area contributed by atoms with Crippen LogP contribution in [0.1, 0.15) is 5.56 Å². The van der Waals surface area contributed by atoms with E-state index in [4.69, 9.17) is 5.26 Å². The van der Waals surface area contributed by atoms with Crippen LogP contribution in [0.4, 0.5) is 11.4 Å². The van der Waals surface area contributed by atoms with Gasteiger partial charge in [-0.25, -0.2) is 9.97 Å². The first-order valence-electron chi connectivity index (χ1n) is 8.91. The van der Waals surface area contributed by atoms with Gasteiger partial charge in [0, 0.05) is 16.8 Å². The summed E-state index contributed by atoms with van der Waals surface area (Å²) in [6.45, 7) is 0. The number of anilines is 2. The van der Waals surface area contributed by atoms with Crippen molar-refractivity contribution in [1.29, 1.82) is 5.26 Å². The molecular weight excluding hydrogens is 398 g/mol. The normalized spacial score (nSPS) is 10.1. The summed E-state index contributed by atoms with van der Waals surface area (Å²) in [5.74, 6) is 0. The molecule has 30 heavy (non-hydrogen) atoms. The molecule has 4 N–H and O–H groups in total. The largest absolute Gasteiger partial charge is 0.412 e. The predicted octanol–water partition coefficient (Wildman–Crippen LogP) is 4.99. The number of fused-ring (bicyclic) bond motifs is 3. The summed E-state index contributed by atoms with van der Waals surface area (Å²) in [4.78, 5) is 12.3. The van der Waals surface area contributed by atoms with Gasteiger partial charge in [-0.3, -0.25) is 0 Å². The van der Waals surface area contributed by atoms with Gasteiger partial charge in [0.2, 0.25) is 0 Å². The second kappa shape index (κ2) is 8.62. The third kappa shape index (κ3) is 3.67. The zero-order valence-electron chi connectivity index (χ0n) is 15.8. The van der Waals surface area contributed by atoms with Gasteiger partial charge in [0.25, 0.3) is 0 Å². The molecule has 148 valence electrons. The summed E-state index contributed by atoms with van der Waals surface area (Å²) in [6.07, 6.45) is 1.58. The van der Waals surface area contributed by atoms with E-state index >= 15 is 0 Å². The maximum Gasteiger partial charge on any atom is 0.116 e. The minimum Gasteiger partial charge on any atom is -0.412 e. The molecule has 6 nitrogen and oxygen atoms in total. The smallest absolute Gasteiger partial charge is 0.116 e. The van der Waals surface area contributed by atoms with Crippen LogP contribution in [0.3, 0.4) is 0 Å². The maximum atomic E-state index is 9.03. The van der Waals surface area contributed by atoms with Gasteiger partial charge in [0.15, 0.2) is 0 Å². The number of halogens is 1. The third-order valence-electron chi connectivity index (χ3n) is 4.75. The summed E-state index contributed by atoms with van der Waals surface area (Å²) in [6, 6.07) is 25.8. The van der Waals surface area contributed by atoms with Crippen LogP contribution in [-0.4, -0.2) is 20.4 Å². The zero-order valence-corrected chi connectivity index (χ0v) is 16.6. The molecule has 0 fully saturated rings. The molecule has 0 aliphatic rings. The molecule has 7 heteroatoms. The summed E-state index contributed by atoms with van der Waals surface area (Å²) in [7, 11) is 0. The van der Waals surface area contributed by atoms with Crippen molar-refractivity contribution >= 4 is 45.7 Å². The first-order chi connectivity index (χ1) is 13.8. The van der Waals surface area contributed by atoms with Crippen LogP contribution >= 0.6 is 12.4 Å². The number of benzene rings is 3. The van der Waals surface area contributed by atoms with E-state index in [1.54, 1.807) is 18.5 Å². The highest BCUT2D eigenvalue weighted by molar-refractivity contribution is 6.10. The maximum absolute atomic E-state index is 9.03. The second-order valence-electron chi connectivity index (χ2n) is 6.51. The number of aromatic nitrogens is 3. The van der Waals surface area contributed by atoms with Gasteiger partial charge in [-0.05, 0) is 48.0 Å². The van der Waals surface area contributed by atoms with Crippen molar-refractivity contribution in [3.63, 3.8) is 0 Å². The van der Waals surface area contributed by atoms with Gasteiger partial charge < -0.3 is 15.8 Å². The number of rotatable bonds is 3. The molecule has 0 radical (unpaired) electrons. The number of pyridine rings is 1. The highest BCUT2D eigenvalue weighted by atomic mass is 35.5. The van der Waals surface area contributed by atoms with Crippen molar-refractivity contribution in [1.82, 2.24) is 15.0 Å². The minimum atomic E-state index is 0. The van der Waals surface area contributed by atoms with Crippen molar-refractivity contribution in [3.05, 3.63) is 84.7 Å². The lowest BCUT2D eigenvalue weighted by atomic mass is 10.1. The number of hydrogen-bond donors (Lipinski definition) is 2. The van der Waals surface area contributed by atoms with E-state index in [2.05, 4.69) is 44.5 Å². The molecule has 0 amide bonds. The van der Waals surface area contributed by atoms with E-state index in [0.29, 0.717) is 5.56 Å². The summed E-state index contributed by atoms with van der Waals surface area (Å²) < 4.78 is 0. The van der Waals surface area contributed by atoms with Crippen molar-refractivity contribution in [2.45, 2.75) is 0 Å². The lowest BCUT2D eigenvalue weighted by Gasteiger charge is -2.14. The first-order valence-corrected chi connectivity index (χ1v) is 8.91. The van der Waals surface area contributed by atoms with Gasteiger partial charge in [-0.15, -0.1) is 12.4 Å². The number of nitriles is 1. The molecule has 0 atom stereocenters. The van der Waals surface area contributed by atoms with Crippen molar-refractivity contribution in [2.75, 3.05) is 5.32 Å². The molecule has 5 rings (SSSR count). The standard InChI is InChI=1S/C23H15N5.ClH.H2O/c24-13-15-6-8-17(9-7-15)27-21-12-20(16-4-2-1-3-5-16)28-18-10-11-19-23(22(18)21)26-14-25-19;;/h1-12,14,27-28H;1H;1H2. The average Bonchev–Trinajstić information content (AvgIpc) is 3.23. The van der Waals surface area contributed by atoms with Crippen molar-refractivity contribution in [2.24, 2.45) is 0 Å². The number of hydrogen-bond acceptors (Lipinski definition) is 4. The number of H-pyrrole nitrogens is 1. The second-order valence-corrected chi connectivity index (χ2v) is 6.51. The highest BCUT2D eigenvalue weighted by Gasteiger charge is 2.12. The molecule has 0 spiro atoms. The van der Waals surface area contributed by atoms with E-state index in [9.17, 15) is 0 Å². The highest BCUT2D eigenvalue weighted by Crippen LogP contribution is 2.34. The van der Waals surface area contributed by atoms with Crippen LogP contribution in [0.15, 0.2) is 79.1 Å². The molecule has 2 heterocycles. The monoisotopic (exact) mass is 415 g/mol. The molecule has 0 bridgehead atoms. The zero-order chi connectivity index (χ0) is 18.9. The van der Waals surface area contributed by atoms with Gasteiger partial charge >= 0.3 is 0 Å². The van der Waals surface area contributed by atoms with E-state index < -0.39 is 0 Å². The quantitative estimate of drug-likeness (QED) is 0.432. The topological polar surface area (TPSA) is 109 Å². The molecule has 0 aliphatic heterocycles. The Morgan fingerprint density at radius 1 is 0.900 bits per heavy atom. The number of imidazole rings is 1. The Hall–Kier alpha value is -3.92. The van der Waals surface area contributed by atoms with E-state index in [1.807, 2.05) is 42.5 Å². The van der Waals surface area contributed by atoms with Gasteiger partial charge in [-0.1, -0.05) is 30.3 Å². The molecule has 5 aromatic rings. The Bertz CT molecular complexity index is 1340. The average molecular weight is 416 g/mol. The number of nitrogens with zero attached hydrogens (tertiary/aromatic N) is 3. The molecule has 0 aliphatic carbocycles. The van der Waals surface area contributed by atoms with E-state index in [1.165, 1.54) is 0 Å². The molecule has 2 aromatic heterocycles. The first kappa shape index (κ1) is 20.8. The van der Waals surface area contributed by atoms with Gasteiger partial charge in [0.05, 0.1) is 28.4 Å². The minimum absolute atomic E-state index is 0. The number of aromatic amines is 1. The Kier molecular flexibility index (Phi) is 5.98. The fourth-order valence-electron chi connectivity index (χ4n) is 3.39. The van der Waals surface area contributed by atoms with Crippen LogP contribution in [0.5, 0.6) is 0 Å². The third-order valence-corrected chi connectivity index (χ3v) is 4.75. The lowest BCUT2D eigenvalue weighted by Crippen LogP contribution is -1.96. The molecule has 0 unspecified atom stereocenters. The van der Waals surface area contributed by atoms with Crippen LogP contribution in [0.25, 0.3) is 33.2 Å². The summed E-state index contributed by atoms with van der Waals surface area (Å²) in [5.41, 5.74) is 7.26. The molecular formula is C23H18ClN5O. The SMILES string of the molecule is Cl.N#Cc1ccc(Nc2cc(-c3ccccc3)[nH]c3ccc4ncnc4c23)cc1.O. The van der Waals surface area contributed by atoms with Crippen LogP contribution in [0.2, 0.25) is 0 Å². The Morgan fingerprint density at radius 2 is 1.67 bits per heavy atom. The Balaban J connectivity index is 0.00000128. The number of nitrogens with one attached hydrogen (secondary N) is 2. The van der Waals surface area contributed by atoms with E-state index in [-0.39, 0.29) is 17.9 Å². The van der Waals surface area contributed by atoms with Crippen LogP contribution in [0, 0.1) is 11.3 Å². The van der Waals surface area contributed by atoms with Gasteiger partial charge in [0.1, 0.15) is 11.8 Å². The van der Waals surface area contributed by atoms with Gasteiger partial charge in [-0.2, -0.15) is 5.26 Å². The fraction of sp³-hybridized carbons (Fsp3) is 0. The molecule has 0 saturated carbocycles. The van der Waals surface area contributed by atoms with Crippen molar-refractivity contribution < 1.29 is 5.48 Å². The van der Waals surface area contributed by atoms with Crippen molar-refractivity contribution in [3.8, 4) is 17.3 Å².